The minimum atomic E-state index is -0.771. The van der Waals surface area contributed by atoms with Crippen LogP contribution in [-0.4, -0.2) is 28.0 Å². The molecule has 1 amide bonds. The van der Waals surface area contributed by atoms with E-state index in [9.17, 15) is 4.79 Å². The number of H-pyrrole nitrogens is 1. The van der Waals surface area contributed by atoms with Crippen LogP contribution in [0, 0.1) is 0 Å². The van der Waals surface area contributed by atoms with E-state index in [0.717, 1.165) is 0 Å². The standard InChI is InChI=1S/C12H10Cl3N3O2/c13-7-1-2-9(8(14)5-7)20-10(15)6-18-12(19)11-16-3-4-17-11/h1-5,10H,6H2,(H,16,17)(H,18,19). The van der Waals surface area contributed by atoms with Crippen molar-refractivity contribution in [3.8, 4) is 5.75 Å². The molecule has 20 heavy (non-hydrogen) atoms. The van der Waals surface area contributed by atoms with Crippen LogP contribution in [0.4, 0.5) is 0 Å². The van der Waals surface area contributed by atoms with E-state index in [0.29, 0.717) is 15.8 Å². The molecule has 1 aromatic heterocycles. The van der Waals surface area contributed by atoms with Crippen LogP contribution < -0.4 is 10.1 Å². The number of hydrogen-bond acceptors (Lipinski definition) is 3. The zero-order valence-corrected chi connectivity index (χ0v) is 12.3. The van der Waals surface area contributed by atoms with Crippen LogP contribution in [0.2, 0.25) is 10.0 Å². The van der Waals surface area contributed by atoms with Crippen molar-refractivity contribution in [3.05, 3.63) is 46.5 Å². The summed E-state index contributed by atoms with van der Waals surface area (Å²) in [5, 5.41) is 3.42. The van der Waals surface area contributed by atoms with Gasteiger partial charge in [-0.1, -0.05) is 34.8 Å². The molecule has 0 fully saturated rings. The number of nitrogens with zero attached hydrogens (tertiary/aromatic N) is 1. The van der Waals surface area contributed by atoms with Crippen LogP contribution in [0.1, 0.15) is 10.6 Å². The fraction of sp³-hybridized carbons (Fsp3) is 0.167. The Labute approximate surface area is 130 Å². The summed E-state index contributed by atoms with van der Waals surface area (Å²) in [4.78, 5) is 18.1. The highest BCUT2D eigenvalue weighted by Crippen LogP contribution is 2.28. The summed E-state index contributed by atoms with van der Waals surface area (Å²) >= 11 is 17.7. The summed E-state index contributed by atoms with van der Waals surface area (Å²) in [6, 6.07) is 4.78. The van der Waals surface area contributed by atoms with Crippen molar-refractivity contribution in [2.75, 3.05) is 6.54 Å². The van der Waals surface area contributed by atoms with Crippen LogP contribution in [0.5, 0.6) is 5.75 Å². The molecule has 0 aliphatic rings. The highest BCUT2D eigenvalue weighted by Gasteiger charge is 2.13. The average Bonchev–Trinajstić information content (AvgIpc) is 2.93. The van der Waals surface area contributed by atoms with E-state index < -0.39 is 5.56 Å². The van der Waals surface area contributed by atoms with Crippen LogP contribution >= 0.6 is 34.8 Å². The molecule has 1 aromatic carbocycles. The SMILES string of the molecule is O=C(NCC(Cl)Oc1ccc(Cl)cc1Cl)c1ncc[nH]1. The normalized spacial score (nSPS) is 11.9. The summed E-state index contributed by atoms with van der Waals surface area (Å²) in [6.45, 7) is 0.0973. The number of aromatic amines is 1. The molecule has 2 rings (SSSR count). The molecule has 0 radical (unpaired) electrons. The first-order valence-electron chi connectivity index (χ1n) is 5.59. The second-order valence-electron chi connectivity index (χ2n) is 3.75. The number of amides is 1. The predicted octanol–water partition coefficient (Wildman–Crippen LogP) is 3.09. The van der Waals surface area contributed by atoms with Crippen molar-refractivity contribution in [1.82, 2.24) is 15.3 Å². The van der Waals surface area contributed by atoms with Crippen molar-refractivity contribution >= 4 is 40.7 Å². The fourth-order valence-corrected chi connectivity index (χ4v) is 2.02. The van der Waals surface area contributed by atoms with Crippen LogP contribution in [0.25, 0.3) is 0 Å². The Balaban J connectivity index is 1.86. The molecule has 1 atom stereocenters. The monoisotopic (exact) mass is 333 g/mol. The third-order valence-corrected chi connectivity index (χ3v) is 3.06. The maximum Gasteiger partial charge on any atom is 0.287 e. The maximum absolute atomic E-state index is 11.6. The van der Waals surface area contributed by atoms with E-state index in [1.807, 2.05) is 0 Å². The van der Waals surface area contributed by atoms with Gasteiger partial charge >= 0.3 is 0 Å². The quantitative estimate of drug-likeness (QED) is 0.826. The maximum atomic E-state index is 11.6. The number of halogens is 3. The largest absolute Gasteiger partial charge is 0.471 e. The number of carbonyl (C=O) groups excluding carboxylic acids is 1. The Kier molecular flexibility index (Phi) is 5.11. The van der Waals surface area contributed by atoms with Gasteiger partial charge in [-0.05, 0) is 18.2 Å². The van der Waals surface area contributed by atoms with Gasteiger partial charge in [-0.2, -0.15) is 0 Å². The van der Waals surface area contributed by atoms with Gasteiger partial charge in [0.2, 0.25) is 0 Å². The fourth-order valence-electron chi connectivity index (χ4n) is 1.40. The summed E-state index contributed by atoms with van der Waals surface area (Å²) in [7, 11) is 0. The number of aromatic nitrogens is 2. The summed E-state index contributed by atoms with van der Waals surface area (Å²) in [6.07, 6.45) is 3.04. The molecule has 8 heteroatoms. The Hall–Kier alpha value is -1.43. The third-order valence-electron chi connectivity index (χ3n) is 2.29. The molecule has 1 heterocycles. The minimum Gasteiger partial charge on any atom is -0.471 e. The van der Waals surface area contributed by atoms with Gasteiger partial charge in [0.15, 0.2) is 11.4 Å². The molecule has 0 saturated carbocycles. The molecule has 0 saturated heterocycles. The first kappa shape index (κ1) is 15.0. The smallest absolute Gasteiger partial charge is 0.287 e. The highest BCUT2D eigenvalue weighted by molar-refractivity contribution is 6.35. The lowest BCUT2D eigenvalue weighted by molar-refractivity contribution is 0.0933. The lowest BCUT2D eigenvalue weighted by Crippen LogP contribution is -2.32. The highest BCUT2D eigenvalue weighted by atomic mass is 35.5. The Morgan fingerprint density at radius 1 is 1.45 bits per heavy atom. The van der Waals surface area contributed by atoms with Gasteiger partial charge < -0.3 is 15.0 Å². The van der Waals surface area contributed by atoms with Crippen LogP contribution in [-0.2, 0) is 0 Å². The van der Waals surface area contributed by atoms with E-state index in [1.54, 1.807) is 24.4 Å². The molecule has 5 nitrogen and oxygen atoms in total. The van der Waals surface area contributed by atoms with Gasteiger partial charge in [0.1, 0.15) is 5.75 Å². The van der Waals surface area contributed by atoms with E-state index in [1.165, 1.54) is 6.20 Å². The molecular formula is C12H10Cl3N3O2. The molecule has 106 valence electrons. The van der Waals surface area contributed by atoms with Gasteiger partial charge in [-0.25, -0.2) is 4.98 Å². The summed E-state index contributed by atoms with van der Waals surface area (Å²) in [5.41, 5.74) is -0.771. The second-order valence-corrected chi connectivity index (χ2v) is 5.08. The number of ether oxygens (including phenoxy) is 1. The molecule has 1 unspecified atom stereocenters. The van der Waals surface area contributed by atoms with E-state index in [2.05, 4.69) is 15.3 Å². The Morgan fingerprint density at radius 2 is 2.25 bits per heavy atom. The first-order valence-corrected chi connectivity index (χ1v) is 6.79. The summed E-state index contributed by atoms with van der Waals surface area (Å²) < 4.78 is 5.40. The van der Waals surface area contributed by atoms with Crippen LogP contribution in [0.3, 0.4) is 0 Å². The molecular weight excluding hydrogens is 325 g/mol. The zero-order chi connectivity index (χ0) is 14.5. The first-order chi connectivity index (χ1) is 9.56. The molecule has 0 aliphatic carbocycles. The minimum absolute atomic E-state index is 0.0973. The summed E-state index contributed by atoms with van der Waals surface area (Å²) in [5.74, 6) is 0.230. The van der Waals surface area contributed by atoms with E-state index >= 15 is 0 Å². The topological polar surface area (TPSA) is 67.0 Å². The number of rotatable bonds is 5. The van der Waals surface area contributed by atoms with Gasteiger partial charge in [-0.3, -0.25) is 4.79 Å². The average molecular weight is 335 g/mol. The van der Waals surface area contributed by atoms with Crippen molar-refractivity contribution in [1.29, 1.82) is 0 Å². The predicted molar refractivity (Wildman–Crippen MR) is 77.7 cm³/mol. The van der Waals surface area contributed by atoms with Crippen molar-refractivity contribution < 1.29 is 9.53 Å². The molecule has 0 bridgehead atoms. The lowest BCUT2D eigenvalue weighted by Gasteiger charge is -2.14. The van der Waals surface area contributed by atoms with E-state index in [4.69, 9.17) is 39.5 Å². The van der Waals surface area contributed by atoms with Gasteiger partial charge in [-0.15, -0.1) is 0 Å². The second kappa shape index (κ2) is 6.83. The third kappa shape index (κ3) is 4.03. The number of alkyl halides is 1. The van der Waals surface area contributed by atoms with Gasteiger partial charge in [0, 0.05) is 17.4 Å². The number of carbonyl (C=O) groups is 1. The van der Waals surface area contributed by atoms with Crippen molar-refractivity contribution in [2.45, 2.75) is 5.56 Å². The van der Waals surface area contributed by atoms with Gasteiger partial charge in [0.05, 0.1) is 11.6 Å². The molecule has 2 N–H and O–H groups in total. The Bertz CT molecular complexity index is 590. The Morgan fingerprint density at radius 3 is 2.90 bits per heavy atom. The van der Waals surface area contributed by atoms with Gasteiger partial charge in [0.25, 0.3) is 5.91 Å². The number of nitrogens with one attached hydrogen (secondary N) is 2. The van der Waals surface area contributed by atoms with Crippen LogP contribution in [0.15, 0.2) is 30.6 Å². The van der Waals surface area contributed by atoms with Crippen molar-refractivity contribution in [2.24, 2.45) is 0 Å². The number of imidazole rings is 1. The zero-order valence-electron chi connectivity index (χ0n) is 10.1. The molecule has 2 aromatic rings. The van der Waals surface area contributed by atoms with E-state index in [-0.39, 0.29) is 18.3 Å². The lowest BCUT2D eigenvalue weighted by atomic mass is 10.3. The number of benzene rings is 1. The molecule has 0 aliphatic heterocycles. The molecule has 0 spiro atoms. The number of hydrogen-bond donors (Lipinski definition) is 2. The van der Waals surface area contributed by atoms with Crippen molar-refractivity contribution in [3.63, 3.8) is 0 Å².